The molecule has 0 aliphatic heterocycles. The van der Waals surface area contributed by atoms with Gasteiger partial charge in [0.15, 0.2) is 0 Å². The van der Waals surface area contributed by atoms with Crippen LogP contribution in [0.2, 0.25) is 0 Å². The van der Waals surface area contributed by atoms with Crippen LogP contribution in [0.1, 0.15) is 46.5 Å². The maximum absolute atomic E-state index is 11.5. The zero-order valence-corrected chi connectivity index (χ0v) is 11.9. The molecule has 0 saturated heterocycles. The maximum atomic E-state index is 11.5. The van der Waals surface area contributed by atoms with Crippen LogP contribution >= 0.6 is 0 Å². The number of hydrogen-bond donors (Lipinski definition) is 3. The Hall–Kier alpha value is -1.59. The second-order valence-corrected chi connectivity index (χ2v) is 4.97. The molecule has 0 fully saturated rings. The molecule has 0 heterocycles. The van der Waals surface area contributed by atoms with Gasteiger partial charge in [0.2, 0.25) is 11.8 Å². The zero-order chi connectivity index (χ0) is 14.8. The molecule has 0 aliphatic rings. The number of carbonyl (C=O) groups excluding carboxylic acids is 2. The number of rotatable bonds is 9. The Labute approximate surface area is 113 Å². The highest BCUT2D eigenvalue weighted by Crippen LogP contribution is 2.04. The Balaban J connectivity index is 4.06. The largest absolute Gasteiger partial charge is 0.480 e. The number of aliphatic carboxylic acids is 1. The summed E-state index contributed by atoms with van der Waals surface area (Å²) in [5.41, 5.74) is 0. The van der Waals surface area contributed by atoms with Gasteiger partial charge in [0.25, 0.3) is 0 Å². The predicted molar refractivity (Wildman–Crippen MR) is 71.6 cm³/mol. The first-order chi connectivity index (χ1) is 8.86. The Bertz CT molecular complexity index is 316. The fourth-order valence-corrected chi connectivity index (χ4v) is 1.54. The third-order valence-electron chi connectivity index (χ3n) is 2.54. The van der Waals surface area contributed by atoms with Gasteiger partial charge in [-0.1, -0.05) is 27.2 Å². The highest BCUT2D eigenvalue weighted by molar-refractivity contribution is 5.87. The van der Waals surface area contributed by atoms with Crippen molar-refractivity contribution >= 4 is 17.8 Å². The van der Waals surface area contributed by atoms with Crippen molar-refractivity contribution in [2.75, 3.05) is 6.54 Å². The molecule has 0 rings (SSSR count). The van der Waals surface area contributed by atoms with E-state index in [9.17, 15) is 14.4 Å². The molecule has 3 N–H and O–H groups in total. The number of carboxylic acid groups (broad SMARTS) is 1. The summed E-state index contributed by atoms with van der Waals surface area (Å²) >= 11 is 0. The molecule has 19 heavy (non-hydrogen) atoms. The molecule has 0 aromatic heterocycles. The molecule has 1 atom stereocenters. The van der Waals surface area contributed by atoms with Gasteiger partial charge in [0.1, 0.15) is 6.04 Å². The van der Waals surface area contributed by atoms with E-state index < -0.39 is 17.9 Å². The molecule has 0 bridgehead atoms. The lowest BCUT2D eigenvalue weighted by atomic mass is 10.0. The van der Waals surface area contributed by atoms with Crippen LogP contribution in [0.3, 0.4) is 0 Å². The van der Waals surface area contributed by atoms with Crippen molar-refractivity contribution in [3.05, 3.63) is 0 Å². The van der Waals surface area contributed by atoms with E-state index in [1.807, 2.05) is 20.8 Å². The van der Waals surface area contributed by atoms with Crippen LogP contribution in [-0.4, -0.2) is 35.5 Å². The van der Waals surface area contributed by atoms with Crippen LogP contribution in [0.15, 0.2) is 0 Å². The molecule has 0 aliphatic carbocycles. The van der Waals surface area contributed by atoms with E-state index >= 15 is 0 Å². The minimum absolute atomic E-state index is 0.167. The molecule has 0 saturated carbocycles. The first-order valence-corrected chi connectivity index (χ1v) is 6.65. The summed E-state index contributed by atoms with van der Waals surface area (Å²) in [7, 11) is 0. The van der Waals surface area contributed by atoms with E-state index in [4.69, 9.17) is 5.11 Å². The summed E-state index contributed by atoms with van der Waals surface area (Å²) in [6, 6.07) is -0.903. The summed E-state index contributed by atoms with van der Waals surface area (Å²) < 4.78 is 0. The third kappa shape index (κ3) is 9.04. The number of carboxylic acids is 1. The summed E-state index contributed by atoms with van der Waals surface area (Å²) in [5.74, 6) is -1.55. The second kappa shape index (κ2) is 9.35. The van der Waals surface area contributed by atoms with Crippen molar-refractivity contribution in [2.24, 2.45) is 5.92 Å². The maximum Gasteiger partial charge on any atom is 0.326 e. The zero-order valence-electron chi connectivity index (χ0n) is 11.9. The van der Waals surface area contributed by atoms with Gasteiger partial charge in [0, 0.05) is 6.42 Å². The molecule has 0 spiro atoms. The molecule has 6 heteroatoms. The number of nitrogens with one attached hydrogen (secondary N) is 2. The van der Waals surface area contributed by atoms with E-state index in [2.05, 4.69) is 10.6 Å². The van der Waals surface area contributed by atoms with Crippen LogP contribution in [0.4, 0.5) is 0 Å². The van der Waals surface area contributed by atoms with E-state index in [1.54, 1.807) is 0 Å². The molecular formula is C13H24N2O4. The Morgan fingerprint density at radius 1 is 1.16 bits per heavy atom. The average Bonchev–Trinajstić information content (AvgIpc) is 2.32. The number of hydrogen-bond acceptors (Lipinski definition) is 3. The van der Waals surface area contributed by atoms with Gasteiger partial charge >= 0.3 is 5.97 Å². The normalized spacial score (nSPS) is 12.0. The molecular weight excluding hydrogens is 248 g/mol. The van der Waals surface area contributed by atoms with Gasteiger partial charge in [-0.15, -0.1) is 0 Å². The molecule has 0 aromatic rings. The standard InChI is InChI=1S/C13H24N2O4/c1-4-5-6-11(16)14-8-12(17)15-10(13(18)19)7-9(2)3/h9-10H,4-8H2,1-3H3,(H,14,16)(H,15,17)(H,18,19)/t10-/m0/s1. The molecule has 6 nitrogen and oxygen atoms in total. The topological polar surface area (TPSA) is 95.5 Å². The van der Waals surface area contributed by atoms with E-state index in [0.717, 1.165) is 12.8 Å². The highest BCUT2D eigenvalue weighted by atomic mass is 16.4. The number of carbonyl (C=O) groups is 3. The fourth-order valence-electron chi connectivity index (χ4n) is 1.54. The Morgan fingerprint density at radius 2 is 1.79 bits per heavy atom. The van der Waals surface area contributed by atoms with Crippen LogP contribution in [0.25, 0.3) is 0 Å². The summed E-state index contributed by atoms with van der Waals surface area (Å²) in [5, 5.41) is 13.8. The van der Waals surface area contributed by atoms with Gasteiger partial charge < -0.3 is 15.7 Å². The Morgan fingerprint density at radius 3 is 2.26 bits per heavy atom. The second-order valence-electron chi connectivity index (χ2n) is 4.97. The quantitative estimate of drug-likeness (QED) is 0.581. The van der Waals surface area contributed by atoms with Gasteiger partial charge in [-0.25, -0.2) is 4.79 Å². The van der Waals surface area contributed by atoms with E-state index in [1.165, 1.54) is 0 Å². The van der Waals surface area contributed by atoms with Crippen molar-refractivity contribution < 1.29 is 19.5 Å². The van der Waals surface area contributed by atoms with E-state index in [-0.39, 0.29) is 18.4 Å². The van der Waals surface area contributed by atoms with Crippen molar-refractivity contribution in [3.63, 3.8) is 0 Å². The van der Waals surface area contributed by atoms with Crippen LogP contribution in [0.5, 0.6) is 0 Å². The Kier molecular flexibility index (Phi) is 8.57. The van der Waals surface area contributed by atoms with Gasteiger partial charge in [-0.05, 0) is 18.8 Å². The average molecular weight is 272 g/mol. The molecule has 110 valence electrons. The lowest BCUT2D eigenvalue weighted by Gasteiger charge is -2.16. The fraction of sp³-hybridized carbons (Fsp3) is 0.769. The monoisotopic (exact) mass is 272 g/mol. The lowest BCUT2D eigenvalue weighted by molar-refractivity contribution is -0.142. The van der Waals surface area contributed by atoms with Crippen molar-refractivity contribution in [1.29, 1.82) is 0 Å². The first kappa shape index (κ1) is 17.4. The van der Waals surface area contributed by atoms with Gasteiger partial charge in [-0.2, -0.15) is 0 Å². The summed E-state index contributed by atoms with van der Waals surface area (Å²) in [6.45, 7) is 5.57. The minimum Gasteiger partial charge on any atom is -0.480 e. The number of amides is 2. The predicted octanol–water partition coefficient (Wildman–Crippen LogP) is 0.908. The van der Waals surface area contributed by atoms with Crippen LogP contribution < -0.4 is 10.6 Å². The van der Waals surface area contributed by atoms with Crippen molar-refractivity contribution in [1.82, 2.24) is 10.6 Å². The lowest BCUT2D eigenvalue weighted by Crippen LogP contribution is -2.46. The third-order valence-corrected chi connectivity index (χ3v) is 2.54. The SMILES string of the molecule is CCCCC(=O)NCC(=O)N[C@@H](CC(C)C)C(=O)O. The minimum atomic E-state index is -1.06. The highest BCUT2D eigenvalue weighted by Gasteiger charge is 2.20. The smallest absolute Gasteiger partial charge is 0.326 e. The molecule has 0 unspecified atom stereocenters. The van der Waals surface area contributed by atoms with E-state index in [0.29, 0.717) is 12.8 Å². The molecule has 2 amide bonds. The van der Waals surface area contributed by atoms with Crippen molar-refractivity contribution in [2.45, 2.75) is 52.5 Å². The van der Waals surface area contributed by atoms with Crippen LogP contribution in [-0.2, 0) is 14.4 Å². The summed E-state index contributed by atoms with van der Waals surface area (Å²) in [4.78, 5) is 33.8. The number of unbranched alkanes of at least 4 members (excludes halogenated alkanes) is 1. The van der Waals surface area contributed by atoms with Crippen molar-refractivity contribution in [3.8, 4) is 0 Å². The summed E-state index contributed by atoms with van der Waals surface area (Å²) in [6.07, 6.45) is 2.44. The molecule has 0 radical (unpaired) electrons. The molecule has 0 aromatic carbocycles. The first-order valence-electron chi connectivity index (χ1n) is 6.65. The van der Waals surface area contributed by atoms with Gasteiger partial charge in [0.05, 0.1) is 6.54 Å². The van der Waals surface area contributed by atoms with Crippen LogP contribution in [0, 0.1) is 5.92 Å². The van der Waals surface area contributed by atoms with Gasteiger partial charge in [-0.3, -0.25) is 9.59 Å².